The van der Waals surface area contributed by atoms with Crippen LogP contribution < -0.4 is 0 Å². The number of aliphatic imine (C=N–C) groups is 1. The second-order valence-electron chi connectivity index (χ2n) is 2.88. The lowest BCUT2D eigenvalue weighted by Gasteiger charge is -2.09. The summed E-state index contributed by atoms with van der Waals surface area (Å²) in [7, 11) is 0. The third-order valence-electron chi connectivity index (χ3n) is 1.96. The van der Waals surface area contributed by atoms with Gasteiger partial charge in [-0.3, -0.25) is 4.99 Å². The average molecular weight is 161 g/mol. The third-order valence-corrected chi connectivity index (χ3v) is 1.96. The fourth-order valence-electron chi connectivity index (χ4n) is 1.33. The molecule has 0 N–H and O–H groups in total. The van der Waals surface area contributed by atoms with Gasteiger partial charge in [0.1, 0.15) is 6.10 Å². The lowest BCUT2D eigenvalue weighted by Crippen LogP contribution is -2.02. The molecule has 0 fully saturated rings. The van der Waals surface area contributed by atoms with Gasteiger partial charge in [0.2, 0.25) is 0 Å². The summed E-state index contributed by atoms with van der Waals surface area (Å²) in [5, 5.41) is 0. The highest BCUT2D eigenvalue weighted by Crippen LogP contribution is 2.21. The number of hydrogen-bond donors (Lipinski definition) is 0. The molecule has 2 nitrogen and oxygen atoms in total. The van der Waals surface area contributed by atoms with Crippen molar-refractivity contribution >= 4 is 5.90 Å². The molecule has 1 heterocycles. The summed E-state index contributed by atoms with van der Waals surface area (Å²) in [6, 6.07) is 10.2. The zero-order chi connectivity index (χ0) is 8.39. The van der Waals surface area contributed by atoms with Gasteiger partial charge in [-0.15, -0.1) is 0 Å². The summed E-state index contributed by atoms with van der Waals surface area (Å²) < 4.78 is 5.50. The van der Waals surface area contributed by atoms with E-state index in [0.717, 1.165) is 12.4 Å². The predicted octanol–water partition coefficient (Wildman–Crippen LogP) is 2.18. The summed E-state index contributed by atoms with van der Waals surface area (Å²) in [6.45, 7) is 2.65. The largest absolute Gasteiger partial charge is 0.471 e. The molecule has 1 aromatic carbocycles. The minimum Gasteiger partial charge on any atom is -0.471 e. The minimum absolute atomic E-state index is 0.145. The van der Waals surface area contributed by atoms with Crippen molar-refractivity contribution in [2.75, 3.05) is 6.54 Å². The molecule has 62 valence electrons. The lowest BCUT2D eigenvalue weighted by atomic mass is 10.1. The second-order valence-corrected chi connectivity index (χ2v) is 2.88. The van der Waals surface area contributed by atoms with E-state index in [1.807, 2.05) is 25.1 Å². The molecule has 0 bridgehead atoms. The van der Waals surface area contributed by atoms with Crippen molar-refractivity contribution in [3.63, 3.8) is 0 Å². The van der Waals surface area contributed by atoms with Crippen molar-refractivity contribution in [2.24, 2.45) is 4.99 Å². The Labute approximate surface area is 71.9 Å². The van der Waals surface area contributed by atoms with E-state index < -0.39 is 0 Å². The molecule has 1 aliphatic heterocycles. The van der Waals surface area contributed by atoms with Crippen LogP contribution >= 0.6 is 0 Å². The van der Waals surface area contributed by atoms with Gasteiger partial charge in [0, 0.05) is 6.92 Å². The Bertz CT molecular complexity index is 292. The number of ether oxygens (including phenoxy) is 1. The van der Waals surface area contributed by atoms with E-state index in [1.165, 1.54) is 5.56 Å². The summed E-state index contributed by atoms with van der Waals surface area (Å²) in [6.07, 6.45) is 0.145. The summed E-state index contributed by atoms with van der Waals surface area (Å²) in [5.41, 5.74) is 1.21. The number of nitrogens with zero attached hydrogens (tertiary/aromatic N) is 1. The van der Waals surface area contributed by atoms with Gasteiger partial charge in [0.15, 0.2) is 5.90 Å². The van der Waals surface area contributed by atoms with E-state index in [2.05, 4.69) is 17.1 Å². The predicted molar refractivity (Wildman–Crippen MR) is 48.2 cm³/mol. The molecule has 0 radical (unpaired) electrons. The normalized spacial score (nSPS) is 21.8. The van der Waals surface area contributed by atoms with Crippen molar-refractivity contribution in [1.29, 1.82) is 0 Å². The SMILES string of the molecule is CC1=NC[C@H](c2ccccc2)O1. The van der Waals surface area contributed by atoms with Crippen LogP contribution in [-0.2, 0) is 4.74 Å². The van der Waals surface area contributed by atoms with Crippen molar-refractivity contribution in [1.82, 2.24) is 0 Å². The Morgan fingerprint density at radius 1 is 1.33 bits per heavy atom. The fourth-order valence-corrected chi connectivity index (χ4v) is 1.33. The van der Waals surface area contributed by atoms with Crippen LogP contribution in [0.15, 0.2) is 35.3 Å². The van der Waals surface area contributed by atoms with Gasteiger partial charge in [0.05, 0.1) is 6.54 Å². The Hall–Kier alpha value is -1.31. The molecule has 0 unspecified atom stereocenters. The van der Waals surface area contributed by atoms with Crippen LogP contribution in [0.2, 0.25) is 0 Å². The van der Waals surface area contributed by atoms with E-state index in [1.54, 1.807) is 0 Å². The third kappa shape index (κ3) is 1.33. The van der Waals surface area contributed by atoms with Crippen LogP contribution in [0.25, 0.3) is 0 Å². The van der Waals surface area contributed by atoms with Gasteiger partial charge in [-0.2, -0.15) is 0 Å². The molecule has 0 saturated carbocycles. The smallest absolute Gasteiger partial charge is 0.181 e. The zero-order valence-corrected chi connectivity index (χ0v) is 7.03. The zero-order valence-electron chi connectivity index (χ0n) is 7.03. The lowest BCUT2D eigenvalue weighted by molar-refractivity contribution is 0.228. The molecule has 2 heteroatoms. The van der Waals surface area contributed by atoms with Crippen LogP contribution in [0.4, 0.5) is 0 Å². The molecule has 12 heavy (non-hydrogen) atoms. The van der Waals surface area contributed by atoms with Crippen LogP contribution in [0, 0.1) is 0 Å². The van der Waals surface area contributed by atoms with Gasteiger partial charge >= 0.3 is 0 Å². The molecule has 2 rings (SSSR count). The Kier molecular flexibility index (Phi) is 1.82. The first-order valence-corrected chi connectivity index (χ1v) is 4.09. The van der Waals surface area contributed by atoms with Crippen molar-refractivity contribution in [2.45, 2.75) is 13.0 Å². The highest BCUT2D eigenvalue weighted by Gasteiger charge is 2.17. The summed E-state index contributed by atoms with van der Waals surface area (Å²) in [5.74, 6) is 0.795. The molecule has 0 spiro atoms. The Balaban J connectivity index is 2.14. The standard InChI is InChI=1S/C10H11NO/c1-8-11-7-10(12-8)9-5-3-2-4-6-9/h2-6,10H,7H2,1H3/t10-/m1/s1. The van der Waals surface area contributed by atoms with Crippen molar-refractivity contribution in [3.8, 4) is 0 Å². The Morgan fingerprint density at radius 3 is 2.67 bits per heavy atom. The fraction of sp³-hybridized carbons (Fsp3) is 0.300. The molecule has 1 aliphatic rings. The van der Waals surface area contributed by atoms with Gasteiger partial charge in [0.25, 0.3) is 0 Å². The molecular formula is C10H11NO. The maximum atomic E-state index is 5.50. The topological polar surface area (TPSA) is 21.6 Å². The van der Waals surface area contributed by atoms with Crippen molar-refractivity contribution < 1.29 is 4.74 Å². The van der Waals surface area contributed by atoms with Crippen LogP contribution in [0.5, 0.6) is 0 Å². The van der Waals surface area contributed by atoms with Crippen molar-refractivity contribution in [3.05, 3.63) is 35.9 Å². The van der Waals surface area contributed by atoms with Gasteiger partial charge in [-0.05, 0) is 5.56 Å². The second kappa shape index (κ2) is 2.97. The first kappa shape index (κ1) is 7.35. The summed E-state index contributed by atoms with van der Waals surface area (Å²) >= 11 is 0. The summed E-state index contributed by atoms with van der Waals surface area (Å²) in [4.78, 5) is 4.19. The van der Waals surface area contributed by atoms with Gasteiger partial charge in [-0.1, -0.05) is 30.3 Å². The van der Waals surface area contributed by atoms with E-state index in [4.69, 9.17) is 4.74 Å². The van der Waals surface area contributed by atoms with E-state index in [0.29, 0.717) is 0 Å². The molecule has 1 aromatic rings. The average Bonchev–Trinajstić information content (AvgIpc) is 2.54. The maximum absolute atomic E-state index is 5.50. The van der Waals surface area contributed by atoms with Crippen LogP contribution in [0.1, 0.15) is 18.6 Å². The molecule has 0 aromatic heterocycles. The van der Waals surface area contributed by atoms with Crippen LogP contribution in [-0.4, -0.2) is 12.4 Å². The number of hydrogen-bond acceptors (Lipinski definition) is 2. The molecule has 0 aliphatic carbocycles. The van der Waals surface area contributed by atoms with E-state index in [-0.39, 0.29) is 6.10 Å². The first-order chi connectivity index (χ1) is 5.86. The van der Waals surface area contributed by atoms with Gasteiger partial charge in [-0.25, -0.2) is 0 Å². The highest BCUT2D eigenvalue weighted by molar-refractivity contribution is 5.74. The first-order valence-electron chi connectivity index (χ1n) is 4.09. The minimum atomic E-state index is 0.145. The molecule has 0 amide bonds. The van der Waals surface area contributed by atoms with E-state index >= 15 is 0 Å². The Morgan fingerprint density at radius 2 is 2.08 bits per heavy atom. The van der Waals surface area contributed by atoms with E-state index in [9.17, 15) is 0 Å². The number of rotatable bonds is 1. The maximum Gasteiger partial charge on any atom is 0.181 e. The van der Waals surface area contributed by atoms with Gasteiger partial charge < -0.3 is 4.74 Å². The molecule has 0 saturated heterocycles. The quantitative estimate of drug-likeness (QED) is 0.618. The molecule has 1 atom stereocenters. The highest BCUT2D eigenvalue weighted by atomic mass is 16.5. The monoisotopic (exact) mass is 161 g/mol. The molecular weight excluding hydrogens is 150 g/mol. The number of benzene rings is 1. The van der Waals surface area contributed by atoms with Crippen LogP contribution in [0.3, 0.4) is 0 Å².